The van der Waals surface area contributed by atoms with Crippen LogP contribution < -0.4 is 11.1 Å². The van der Waals surface area contributed by atoms with E-state index in [4.69, 9.17) is 5.73 Å². The highest BCUT2D eigenvalue weighted by atomic mass is 15.1. The molecule has 2 heterocycles. The number of pyridine rings is 1. The van der Waals surface area contributed by atoms with Crippen LogP contribution in [0.2, 0.25) is 0 Å². The number of anilines is 2. The molecule has 0 aliphatic rings. The average Bonchev–Trinajstić information content (AvgIpc) is 2.33. The van der Waals surface area contributed by atoms with E-state index in [2.05, 4.69) is 20.3 Å². The molecular formula is C11H13N5. The topological polar surface area (TPSA) is 76.7 Å². The molecule has 5 nitrogen and oxygen atoms in total. The van der Waals surface area contributed by atoms with Crippen molar-refractivity contribution in [1.29, 1.82) is 0 Å². The Morgan fingerprint density at radius 1 is 1.19 bits per heavy atom. The number of hydrogen-bond donors (Lipinski definition) is 2. The second kappa shape index (κ2) is 5.06. The molecule has 0 aliphatic heterocycles. The molecule has 2 aromatic rings. The van der Waals surface area contributed by atoms with E-state index in [0.717, 1.165) is 13.0 Å². The second-order valence-electron chi connectivity index (χ2n) is 3.38. The predicted molar refractivity (Wildman–Crippen MR) is 62.9 cm³/mol. The molecule has 0 unspecified atom stereocenters. The summed E-state index contributed by atoms with van der Waals surface area (Å²) in [5, 5.41) is 3.11. The van der Waals surface area contributed by atoms with Crippen molar-refractivity contribution in [3.8, 4) is 0 Å². The van der Waals surface area contributed by atoms with E-state index < -0.39 is 0 Å². The third-order valence-corrected chi connectivity index (χ3v) is 2.09. The molecular weight excluding hydrogens is 202 g/mol. The fourth-order valence-corrected chi connectivity index (χ4v) is 1.29. The van der Waals surface area contributed by atoms with Crippen molar-refractivity contribution in [3.05, 3.63) is 42.5 Å². The molecule has 0 radical (unpaired) electrons. The Bertz CT molecular complexity index is 426. The van der Waals surface area contributed by atoms with Gasteiger partial charge < -0.3 is 11.1 Å². The Kier molecular flexibility index (Phi) is 3.28. The van der Waals surface area contributed by atoms with E-state index in [-0.39, 0.29) is 0 Å². The number of rotatable bonds is 4. The number of aromatic nitrogens is 3. The van der Waals surface area contributed by atoms with Crippen molar-refractivity contribution in [1.82, 2.24) is 15.0 Å². The molecule has 82 valence electrons. The highest BCUT2D eigenvalue weighted by molar-refractivity contribution is 5.35. The van der Waals surface area contributed by atoms with Crippen LogP contribution in [0.4, 0.5) is 11.6 Å². The third-order valence-electron chi connectivity index (χ3n) is 2.09. The minimum atomic E-state index is 0.567. The summed E-state index contributed by atoms with van der Waals surface area (Å²) < 4.78 is 0. The van der Waals surface area contributed by atoms with Gasteiger partial charge in [0.25, 0.3) is 0 Å². The number of nitrogens with one attached hydrogen (secondary N) is 1. The van der Waals surface area contributed by atoms with Gasteiger partial charge in [0.05, 0.1) is 18.1 Å². The van der Waals surface area contributed by atoms with Crippen LogP contribution in [0.25, 0.3) is 0 Å². The van der Waals surface area contributed by atoms with Crippen LogP contribution in [0.1, 0.15) is 5.56 Å². The largest absolute Gasteiger partial charge is 0.396 e. The van der Waals surface area contributed by atoms with E-state index in [1.807, 2.05) is 18.3 Å². The maximum atomic E-state index is 5.49. The number of nitrogens with zero attached hydrogens (tertiary/aromatic N) is 3. The number of hydrogen-bond acceptors (Lipinski definition) is 5. The summed E-state index contributed by atoms with van der Waals surface area (Å²) in [6.45, 7) is 0.773. The minimum absolute atomic E-state index is 0.567. The second-order valence-corrected chi connectivity index (χ2v) is 3.38. The fraction of sp³-hybridized carbons (Fsp3) is 0.182. The first-order valence-electron chi connectivity index (χ1n) is 5.05. The van der Waals surface area contributed by atoms with E-state index in [1.165, 1.54) is 5.56 Å². The van der Waals surface area contributed by atoms with Crippen LogP contribution in [0.15, 0.2) is 36.9 Å². The monoisotopic (exact) mass is 215 g/mol. The average molecular weight is 215 g/mol. The molecule has 0 spiro atoms. The quantitative estimate of drug-likeness (QED) is 0.798. The van der Waals surface area contributed by atoms with Gasteiger partial charge in [-0.2, -0.15) is 0 Å². The molecule has 16 heavy (non-hydrogen) atoms. The third kappa shape index (κ3) is 2.91. The maximum Gasteiger partial charge on any atom is 0.222 e. The van der Waals surface area contributed by atoms with Crippen molar-refractivity contribution in [3.63, 3.8) is 0 Å². The Labute approximate surface area is 93.8 Å². The van der Waals surface area contributed by atoms with Crippen LogP contribution in [-0.4, -0.2) is 21.5 Å². The molecule has 0 aliphatic carbocycles. The van der Waals surface area contributed by atoms with Gasteiger partial charge in [-0.1, -0.05) is 6.07 Å². The zero-order valence-corrected chi connectivity index (χ0v) is 8.80. The summed E-state index contributed by atoms with van der Waals surface area (Å²) in [6.07, 6.45) is 7.67. The zero-order valence-electron chi connectivity index (χ0n) is 8.80. The standard InChI is InChI=1S/C11H13N5/c12-10-7-15-11(16-8-10)14-5-3-9-2-1-4-13-6-9/h1-2,4,6-8H,3,5,12H2,(H,14,15,16). The molecule has 0 saturated carbocycles. The number of nitrogens with two attached hydrogens (primary N) is 1. The lowest BCUT2D eigenvalue weighted by Gasteiger charge is -2.04. The van der Waals surface area contributed by atoms with Crippen LogP contribution in [0.3, 0.4) is 0 Å². The Balaban J connectivity index is 1.82. The SMILES string of the molecule is Nc1cnc(NCCc2cccnc2)nc1. The van der Waals surface area contributed by atoms with Gasteiger partial charge in [-0.3, -0.25) is 4.98 Å². The lowest BCUT2D eigenvalue weighted by atomic mass is 10.2. The lowest BCUT2D eigenvalue weighted by molar-refractivity contribution is 0.975. The van der Waals surface area contributed by atoms with Crippen molar-refractivity contribution < 1.29 is 0 Å². The Hall–Kier alpha value is -2.17. The summed E-state index contributed by atoms with van der Waals surface area (Å²) in [7, 11) is 0. The molecule has 3 N–H and O–H groups in total. The van der Waals surface area contributed by atoms with Crippen LogP contribution in [-0.2, 0) is 6.42 Å². The maximum absolute atomic E-state index is 5.49. The molecule has 5 heteroatoms. The lowest BCUT2D eigenvalue weighted by Crippen LogP contribution is -2.08. The van der Waals surface area contributed by atoms with Crippen LogP contribution >= 0.6 is 0 Å². The van der Waals surface area contributed by atoms with Crippen molar-refractivity contribution in [2.75, 3.05) is 17.6 Å². The van der Waals surface area contributed by atoms with Gasteiger partial charge in [0, 0.05) is 18.9 Å². The van der Waals surface area contributed by atoms with Gasteiger partial charge in [-0.05, 0) is 18.1 Å². The summed E-state index contributed by atoms with van der Waals surface area (Å²) in [5.74, 6) is 0.595. The minimum Gasteiger partial charge on any atom is -0.396 e. The van der Waals surface area contributed by atoms with Crippen molar-refractivity contribution in [2.24, 2.45) is 0 Å². The smallest absolute Gasteiger partial charge is 0.222 e. The van der Waals surface area contributed by atoms with Gasteiger partial charge in [0.15, 0.2) is 0 Å². The number of nitrogen functional groups attached to an aromatic ring is 1. The van der Waals surface area contributed by atoms with Gasteiger partial charge in [-0.25, -0.2) is 9.97 Å². The van der Waals surface area contributed by atoms with Crippen molar-refractivity contribution in [2.45, 2.75) is 6.42 Å². The molecule has 0 bridgehead atoms. The summed E-state index contributed by atoms with van der Waals surface area (Å²) in [6, 6.07) is 3.97. The molecule has 2 rings (SSSR count). The predicted octanol–water partition coefficient (Wildman–Crippen LogP) is 1.11. The van der Waals surface area contributed by atoms with Crippen LogP contribution in [0, 0.1) is 0 Å². The zero-order chi connectivity index (χ0) is 11.2. The van der Waals surface area contributed by atoms with E-state index in [1.54, 1.807) is 18.6 Å². The van der Waals surface area contributed by atoms with Gasteiger partial charge in [-0.15, -0.1) is 0 Å². The fourth-order valence-electron chi connectivity index (χ4n) is 1.29. The van der Waals surface area contributed by atoms with E-state index in [9.17, 15) is 0 Å². The van der Waals surface area contributed by atoms with Gasteiger partial charge in [0.2, 0.25) is 5.95 Å². The molecule has 0 aromatic carbocycles. The first-order valence-corrected chi connectivity index (χ1v) is 5.05. The summed E-state index contributed by atoms with van der Waals surface area (Å²) in [5.41, 5.74) is 7.24. The molecule has 0 amide bonds. The summed E-state index contributed by atoms with van der Waals surface area (Å²) >= 11 is 0. The normalized spacial score (nSPS) is 10.0. The molecule has 0 saturated heterocycles. The molecule has 0 fully saturated rings. The Morgan fingerprint density at radius 3 is 2.69 bits per heavy atom. The first-order chi connectivity index (χ1) is 7.84. The van der Waals surface area contributed by atoms with E-state index in [0.29, 0.717) is 11.6 Å². The van der Waals surface area contributed by atoms with Gasteiger partial charge in [0.1, 0.15) is 0 Å². The highest BCUT2D eigenvalue weighted by Crippen LogP contribution is 2.02. The molecule has 2 aromatic heterocycles. The van der Waals surface area contributed by atoms with E-state index >= 15 is 0 Å². The molecule has 0 atom stereocenters. The Morgan fingerprint density at radius 2 is 2.00 bits per heavy atom. The summed E-state index contributed by atoms with van der Waals surface area (Å²) in [4.78, 5) is 12.1. The highest BCUT2D eigenvalue weighted by Gasteiger charge is 1.95. The first kappa shape index (κ1) is 10.4. The van der Waals surface area contributed by atoms with Crippen LogP contribution in [0.5, 0.6) is 0 Å². The van der Waals surface area contributed by atoms with Crippen molar-refractivity contribution >= 4 is 11.6 Å². The van der Waals surface area contributed by atoms with Gasteiger partial charge >= 0.3 is 0 Å².